The van der Waals surface area contributed by atoms with Crippen LogP contribution in [0.1, 0.15) is 17.2 Å². The SMILES string of the molecule is CNc1cccc(C(NC)c2ccc(F)c(F)c2)c1. The molecule has 2 rings (SSSR count). The highest BCUT2D eigenvalue weighted by atomic mass is 19.2. The summed E-state index contributed by atoms with van der Waals surface area (Å²) >= 11 is 0. The molecule has 2 N–H and O–H groups in total. The summed E-state index contributed by atoms with van der Waals surface area (Å²) in [7, 11) is 3.63. The van der Waals surface area contributed by atoms with E-state index in [9.17, 15) is 8.78 Å². The molecule has 100 valence electrons. The average Bonchev–Trinajstić information content (AvgIpc) is 2.44. The van der Waals surface area contributed by atoms with E-state index in [4.69, 9.17) is 0 Å². The van der Waals surface area contributed by atoms with Gasteiger partial charge in [-0.05, 0) is 42.4 Å². The summed E-state index contributed by atoms with van der Waals surface area (Å²) in [5, 5.41) is 6.17. The zero-order valence-electron chi connectivity index (χ0n) is 10.9. The number of nitrogens with one attached hydrogen (secondary N) is 2. The zero-order valence-corrected chi connectivity index (χ0v) is 10.9. The van der Waals surface area contributed by atoms with Gasteiger partial charge in [-0.15, -0.1) is 0 Å². The van der Waals surface area contributed by atoms with Gasteiger partial charge in [-0.25, -0.2) is 8.78 Å². The van der Waals surface area contributed by atoms with Crippen LogP contribution in [0.2, 0.25) is 0 Å². The lowest BCUT2D eigenvalue weighted by atomic mass is 9.98. The van der Waals surface area contributed by atoms with Crippen molar-refractivity contribution in [3.8, 4) is 0 Å². The Labute approximate surface area is 111 Å². The molecule has 0 fully saturated rings. The van der Waals surface area contributed by atoms with Gasteiger partial charge in [0.1, 0.15) is 0 Å². The molecule has 0 radical (unpaired) electrons. The summed E-state index contributed by atoms with van der Waals surface area (Å²) in [6.07, 6.45) is 0. The summed E-state index contributed by atoms with van der Waals surface area (Å²) in [6, 6.07) is 11.6. The Balaban J connectivity index is 2.40. The molecule has 0 aliphatic carbocycles. The lowest BCUT2D eigenvalue weighted by Crippen LogP contribution is -2.18. The fourth-order valence-electron chi connectivity index (χ4n) is 2.09. The molecule has 2 nitrogen and oxygen atoms in total. The lowest BCUT2D eigenvalue weighted by molar-refractivity contribution is 0.505. The van der Waals surface area contributed by atoms with E-state index in [1.165, 1.54) is 6.07 Å². The van der Waals surface area contributed by atoms with E-state index in [0.29, 0.717) is 5.56 Å². The van der Waals surface area contributed by atoms with E-state index in [1.54, 1.807) is 13.1 Å². The monoisotopic (exact) mass is 262 g/mol. The highest BCUT2D eigenvalue weighted by molar-refractivity contribution is 5.47. The molecule has 0 saturated carbocycles. The largest absolute Gasteiger partial charge is 0.388 e. The standard InChI is InChI=1S/C15H16F2N2/c1-18-12-5-3-4-10(8-12)15(19-2)11-6-7-13(16)14(17)9-11/h3-9,15,18-19H,1-2H3. The number of halogens is 2. The van der Waals surface area contributed by atoms with Gasteiger partial charge in [0.05, 0.1) is 6.04 Å². The first-order chi connectivity index (χ1) is 9.15. The predicted octanol–water partition coefficient (Wildman–Crippen LogP) is 3.32. The summed E-state index contributed by atoms with van der Waals surface area (Å²) in [4.78, 5) is 0. The van der Waals surface area contributed by atoms with Gasteiger partial charge in [0.25, 0.3) is 0 Å². The number of anilines is 1. The number of rotatable bonds is 4. The molecular formula is C15H16F2N2. The molecule has 0 bridgehead atoms. The minimum absolute atomic E-state index is 0.177. The van der Waals surface area contributed by atoms with E-state index in [-0.39, 0.29) is 6.04 Å². The number of benzene rings is 2. The van der Waals surface area contributed by atoms with Crippen LogP contribution in [0.5, 0.6) is 0 Å². The van der Waals surface area contributed by atoms with Crippen molar-refractivity contribution in [1.29, 1.82) is 0 Å². The highest BCUT2D eigenvalue weighted by Gasteiger charge is 2.14. The Hall–Kier alpha value is -1.94. The van der Waals surface area contributed by atoms with E-state index >= 15 is 0 Å². The van der Waals surface area contributed by atoms with Crippen molar-refractivity contribution in [2.24, 2.45) is 0 Å². The number of hydrogen-bond donors (Lipinski definition) is 2. The molecule has 1 unspecified atom stereocenters. The third kappa shape index (κ3) is 2.90. The van der Waals surface area contributed by atoms with Crippen molar-refractivity contribution >= 4 is 5.69 Å². The van der Waals surface area contributed by atoms with Crippen LogP contribution in [-0.2, 0) is 0 Å². The van der Waals surface area contributed by atoms with Gasteiger partial charge in [-0.3, -0.25) is 0 Å². The second-order valence-corrected chi connectivity index (χ2v) is 4.27. The Morgan fingerprint density at radius 1 is 0.895 bits per heavy atom. The first kappa shape index (κ1) is 13.5. The molecule has 0 saturated heterocycles. The van der Waals surface area contributed by atoms with Gasteiger partial charge in [-0.1, -0.05) is 18.2 Å². The molecule has 0 amide bonds. The molecule has 19 heavy (non-hydrogen) atoms. The van der Waals surface area contributed by atoms with E-state index < -0.39 is 11.6 Å². The normalized spacial score (nSPS) is 12.2. The summed E-state index contributed by atoms with van der Waals surface area (Å²) in [5.41, 5.74) is 2.65. The molecule has 0 heterocycles. The Morgan fingerprint density at radius 3 is 2.26 bits per heavy atom. The summed E-state index contributed by atoms with van der Waals surface area (Å²) in [6.45, 7) is 0. The molecule has 1 atom stereocenters. The van der Waals surface area contributed by atoms with E-state index in [1.807, 2.05) is 31.3 Å². The van der Waals surface area contributed by atoms with E-state index in [2.05, 4.69) is 10.6 Å². The molecular weight excluding hydrogens is 246 g/mol. The van der Waals surface area contributed by atoms with Crippen molar-refractivity contribution in [2.75, 3.05) is 19.4 Å². The fourth-order valence-corrected chi connectivity index (χ4v) is 2.09. The third-order valence-electron chi connectivity index (χ3n) is 3.07. The molecule has 0 aromatic heterocycles. The van der Waals surface area contributed by atoms with Crippen molar-refractivity contribution in [2.45, 2.75) is 6.04 Å². The van der Waals surface area contributed by atoms with Crippen molar-refractivity contribution < 1.29 is 8.78 Å². The van der Waals surface area contributed by atoms with Crippen LogP contribution < -0.4 is 10.6 Å². The van der Waals surface area contributed by atoms with Gasteiger partial charge < -0.3 is 10.6 Å². The van der Waals surface area contributed by atoms with Crippen molar-refractivity contribution in [1.82, 2.24) is 5.32 Å². The van der Waals surface area contributed by atoms with Crippen LogP contribution in [0.15, 0.2) is 42.5 Å². The second-order valence-electron chi connectivity index (χ2n) is 4.27. The molecule has 4 heteroatoms. The first-order valence-corrected chi connectivity index (χ1v) is 6.05. The molecule has 0 spiro atoms. The van der Waals surface area contributed by atoms with Gasteiger partial charge in [-0.2, -0.15) is 0 Å². The minimum Gasteiger partial charge on any atom is -0.388 e. The van der Waals surface area contributed by atoms with Crippen LogP contribution >= 0.6 is 0 Å². The maximum atomic E-state index is 13.3. The third-order valence-corrected chi connectivity index (χ3v) is 3.07. The molecule has 0 aliphatic heterocycles. The second kappa shape index (κ2) is 5.80. The smallest absolute Gasteiger partial charge is 0.159 e. The van der Waals surface area contributed by atoms with Gasteiger partial charge >= 0.3 is 0 Å². The van der Waals surface area contributed by atoms with Crippen LogP contribution in [-0.4, -0.2) is 14.1 Å². The van der Waals surface area contributed by atoms with Gasteiger partial charge in [0.2, 0.25) is 0 Å². The molecule has 2 aromatic rings. The quantitative estimate of drug-likeness (QED) is 0.883. The molecule has 0 aliphatic rings. The Bertz CT molecular complexity index is 570. The Kier molecular flexibility index (Phi) is 4.12. The summed E-state index contributed by atoms with van der Waals surface area (Å²) in [5.74, 6) is -1.66. The van der Waals surface area contributed by atoms with Crippen LogP contribution in [0, 0.1) is 11.6 Å². The van der Waals surface area contributed by atoms with Crippen LogP contribution in [0.25, 0.3) is 0 Å². The Morgan fingerprint density at radius 2 is 1.63 bits per heavy atom. The molecule has 2 aromatic carbocycles. The fraction of sp³-hybridized carbons (Fsp3) is 0.200. The maximum absolute atomic E-state index is 13.3. The van der Waals surface area contributed by atoms with Crippen molar-refractivity contribution in [3.05, 3.63) is 65.2 Å². The predicted molar refractivity (Wildman–Crippen MR) is 73.2 cm³/mol. The minimum atomic E-state index is -0.831. The van der Waals surface area contributed by atoms with Crippen molar-refractivity contribution in [3.63, 3.8) is 0 Å². The highest BCUT2D eigenvalue weighted by Crippen LogP contribution is 2.25. The maximum Gasteiger partial charge on any atom is 0.159 e. The first-order valence-electron chi connectivity index (χ1n) is 6.05. The lowest BCUT2D eigenvalue weighted by Gasteiger charge is -2.18. The average molecular weight is 262 g/mol. The zero-order chi connectivity index (χ0) is 13.8. The van der Waals surface area contributed by atoms with Crippen LogP contribution in [0.3, 0.4) is 0 Å². The van der Waals surface area contributed by atoms with E-state index in [0.717, 1.165) is 17.3 Å². The van der Waals surface area contributed by atoms with Gasteiger partial charge in [0.15, 0.2) is 11.6 Å². The number of hydrogen-bond acceptors (Lipinski definition) is 2. The van der Waals surface area contributed by atoms with Crippen LogP contribution in [0.4, 0.5) is 14.5 Å². The topological polar surface area (TPSA) is 24.1 Å². The summed E-state index contributed by atoms with van der Waals surface area (Å²) < 4.78 is 26.3. The van der Waals surface area contributed by atoms with Gasteiger partial charge in [0, 0.05) is 12.7 Å².